The monoisotopic (exact) mass is 467 g/mol. The predicted molar refractivity (Wildman–Crippen MR) is 127 cm³/mol. The zero-order chi connectivity index (χ0) is 23.2. The lowest BCUT2D eigenvalue weighted by molar-refractivity contribution is -0.122. The minimum absolute atomic E-state index is 0.212. The van der Waals surface area contributed by atoms with Crippen LogP contribution < -0.4 is 19.3 Å². The summed E-state index contributed by atoms with van der Waals surface area (Å²) in [5, 5.41) is 3.16. The topological polar surface area (TPSA) is 79.0 Å². The summed E-state index contributed by atoms with van der Waals surface area (Å²) in [4.78, 5) is 15.1. The van der Waals surface area contributed by atoms with Gasteiger partial charge in [-0.05, 0) is 56.7 Å². The summed E-state index contributed by atoms with van der Waals surface area (Å²) in [6.45, 7) is 7.84. The van der Waals surface area contributed by atoms with Crippen LogP contribution in [-0.2, 0) is 21.4 Å². The van der Waals surface area contributed by atoms with Gasteiger partial charge in [0.1, 0.15) is 11.8 Å². The molecule has 0 aliphatic carbocycles. The van der Waals surface area contributed by atoms with Crippen molar-refractivity contribution in [3.05, 3.63) is 53.1 Å². The molecule has 0 saturated heterocycles. The van der Waals surface area contributed by atoms with Crippen LogP contribution in [0.4, 0.5) is 11.4 Å². The Balaban J connectivity index is 2.19. The fourth-order valence-electron chi connectivity index (χ4n) is 3.37. The first kappa shape index (κ1) is 24.8. The van der Waals surface area contributed by atoms with Crippen molar-refractivity contribution in [2.24, 2.45) is 0 Å². The molecule has 1 amide bonds. The molecule has 2 aromatic rings. The van der Waals surface area contributed by atoms with Crippen LogP contribution in [0.3, 0.4) is 0 Å². The maximum atomic E-state index is 12.8. The number of anilines is 2. The number of amides is 1. The molecular weight excluding hydrogens is 438 g/mol. The van der Waals surface area contributed by atoms with Gasteiger partial charge in [-0.3, -0.25) is 9.10 Å². The van der Waals surface area contributed by atoms with Crippen LogP contribution in [0.2, 0.25) is 5.02 Å². The molecule has 0 radical (unpaired) electrons. The number of carbonyl (C=O) groups is 1. The molecule has 0 fully saturated rings. The smallest absolute Gasteiger partial charge is 0.243 e. The van der Waals surface area contributed by atoms with Gasteiger partial charge in [0.25, 0.3) is 0 Å². The molecule has 0 aromatic heterocycles. The summed E-state index contributed by atoms with van der Waals surface area (Å²) in [5.74, 6) is -0.123. The fourth-order valence-corrected chi connectivity index (χ4v) is 4.70. The first-order valence-electron chi connectivity index (χ1n) is 10.1. The molecule has 9 heteroatoms. The summed E-state index contributed by atoms with van der Waals surface area (Å²) in [5.41, 5.74) is 2.25. The highest BCUT2D eigenvalue weighted by molar-refractivity contribution is 7.92. The number of methoxy groups -OCH3 is 1. The lowest BCUT2D eigenvalue weighted by Gasteiger charge is -2.29. The van der Waals surface area contributed by atoms with Crippen LogP contribution in [0.1, 0.15) is 26.3 Å². The van der Waals surface area contributed by atoms with E-state index in [9.17, 15) is 13.2 Å². The SMILES string of the molecule is CCN(CC)c1ccc(CNC(=O)C(C)N(c2cc(Cl)ccc2OC)S(C)(=O)=O)cc1. The van der Waals surface area contributed by atoms with Crippen LogP contribution in [0.15, 0.2) is 42.5 Å². The minimum Gasteiger partial charge on any atom is -0.495 e. The average molecular weight is 468 g/mol. The van der Waals surface area contributed by atoms with E-state index in [1.54, 1.807) is 12.1 Å². The van der Waals surface area contributed by atoms with Crippen molar-refractivity contribution in [1.29, 1.82) is 0 Å². The fraction of sp³-hybridized carbons (Fsp3) is 0.409. The van der Waals surface area contributed by atoms with Gasteiger partial charge >= 0.3 is 0 Å². The molecule has 1 unspecified atom stereocenters. The summed E-state index contributed by atoms with van der Waals surface area (Å²) in [7, 11) is -2.36. The molecule has 0 heterocycles. The lowest BCUT2D eigenvalue weighted by atomic mass is 10.2. The van der Waals surface area contributed by atoms with E-state index in [4.69, 9.17) is 16.3 Å². The number of nitrogens with zero attached hydrogens (tertiary/aromatic N) is 2. The molecule has 1 atom stereocenters. The van der Waals surface area contributed by atoms with E-state index < -0.39 is 22.0 Å². The van der Waals surface area contributed by atoms with E-state index in [1.807, 2.05) is 24.3 Å². The Labute approximate surface area is 190 Å². The number of sulfonamides is 1. The number of rotatable bonds is 10. The summed E-state index contributed by atoms with van der Waals surface area (Å²) in [6.07, 6.45) is 1.04. The molecule has 2 aromatic carbocycles. The molecule has 0 aliphatic heterocycles. The molecule has 0 aliphatic rings. The molecule has 0 bridgehead atoms. The summed E-state index contributed by atoms with van der Waals surface area (Å²) >= 11 is 6.07. The highest BCUT2D eigenvalue weighted by Crippen LogP contribution is 2.34. The Hall–Kier alpha value is -2.45. The van der Waals surface area contributed by atoms with Gasteiger partial charge in [-0.1, -0.05) is 23.7 Å². The number of hydrogen-bond donors (Lipinski definition) is 1. The van der Waals surface area contributed by atoms with Crippen molar-refractivity contribution in [1.82, 2.24) is 5.32 Å². The Kier molecular flexibility index (Phi) is 8.59. The molecule has 170 valence electrons. The Morgan fingerprint density at radius 2 is 1.74 bits per heavy atom. The third-order valence-electron chi connectivity index (χ3n) is 5.00. The molecule has 0 saturated carbocycles. The predicted octanol–water partition coefficient (Wildman–Crippen LogP) is 3.67. The molecule has 7 nitrogen and oxygen atoms in total. The Morgan fingerprint density at radius 1 is 1.13 bits per heavy atom. The zero-order valence-corrected chi connectivity index (χ0v) is 20.1. The van der Waals surface area contributed by atoms with Crippen molar-refractivity contribution in [3.63, 3.8) is 0 Å². The van der Waals surface area contributed by atoms with E-state index in [0.717, 1.165) is 34.9 Å². The molecule has 1 N–H and O–H groups in total. The number of halogens is 1. The summed E-state index contributed by atoms with van der Waals surface area (Å²) < 4.78 is 31.4. The van der Waals surface area contributed by atoms with E-state index in [0.29, 0.717) is 10.8 Å². The lowest BCUT2D eigenvalue weighted by Crippen LogP contribution is -2.47. The van der Waals surface area contributed by atoms with Gasteiger partial charge in [0, 0.05) is 30.3 Å². The van der Waals surface area contributed by atoms with Crippen molar-refractivity contribution in [2.45, 2.75) is 33.4 Å². The van der Waals surface area contributed by atoms with Crippen LogP contribution in [-0.4, -0.2) is 46.8 Å². The minimum atomic E-state index is -3.79. The van der Waals surface area contributed by atoms with E-state index >= 15 is 0 Å². The van der Waals surface area contributed by atoms with Gasteiger partial charge in [-0.15, -0.1) is 0 Å². The van der Waals surface area contributed by atoms with Crippen LogP contribution >= 0.6 is 11.6 Å². The Bertz CT molecular complexity index is 992. The van der Waals surface area contributed by atoms with Gasteiger partial charge in [0.15, 0.2) is 0 Å². The second-order valence-electron chi connectivity index (χ2n) is 7.11. The largest absolute Gasteiger partial charge is 0.495 e. The number of hydrogen-bond acceptors (Lipinski definition) is 5. The number of benzene rings is 2. The van der Waals surface area contributed by atoms with Gasteiger partial charge < -0.3 is 15.0 Å². The second kappa shape index (κ2) is 10.7. The highest BCUT2D eigenvalue weighted by atomic mass is 35.5. The van der Waals surface area contributed by atoms with Gasteiger partial charge in [-0.2, -0.15) is 0 Å². The van der Waals surface area contributed by atoms with E-state index in [-0.39, 0.29) is 12.2 Å². The van der Waals surface area contributed by atoms with Crippen molar-refractivity contribution in [3.8, 4) is 5.75 Å². The van der Waals surface area contributed by atoms with Crippen LogP contribution in [0.5, 0.6) is 5.75 Å². The normalized spacial score (nSPS) is 12.2. The van der Waals surface area contributed by atoms with Gasteiger partial charge in [0.2, 0.25) is 15.9 Å². The summed E-state index contributed by atoms with van der Waals surface area (Å²) in [6, 6.07) is 11.6. The van der Waals surface area contributed by atoms with Crippen molar-refractivity contribution >= 4 is 38.9 Å². The van der Waals surface area contributed by atoms with Gasteiger partial charge in [-0.25, -0.2) is 8.42 Å². The highest BCUT2D eigenvalue weighted by Gasteiger charge is 2.31. The van der Waals surface area contributed by atoms with Gasteiger partial charge in [0.05, 0.1) is 19.1 Å². The van der Waals surface area contributed by atoms with Crippen LogP contribution in [0, 0.1) is 0 Å². The maximum absolute atomic E-state index is 12.8. The standard InChI is InChI=1S/C22H30ClN3O4S/c1-6-25(7-2)19-11-8-17(9-12-19)15-24-22(27)16(3)26(31(5,28)29)20-14-18(23)10-13-21(20)30-4/h8-14,16H,6-7,15H2,1-5H3,(H,24,27). The number of ether oxygens (including phenoxy) is 1. The molecule has 2 rings (SSSR count). The second-order valence-corrected chi connectivity index (χ2v) is 9.40. The number of nitrogens with one attached hydrogen (secondary N) is 1. The molecule has 31 heavy (non-hydrogen) atoms. The van der Waals surface area contributed by atoms with E-state index in [2.05, 4.69) is 24.1 Å². The van der Waals surface area contributed by atoms with Crippen molar-refractivity contribution < 1.29 is 17.9 Å². The van der Waals surface area contributed by atoms with Crippen LogP contribution in [0.25, 0.3) is 0 Å². The van der Waals surface area contributed by atoms with Crippen molar-refractivity contribution in [2.75, 3.05) is 35.7 Å². The third-order valence-corrected chi connectivity index (χ3v) is 6.46. The molecular formula is C22H30ClN3O4S. The average Bonchev–Trinajstić information content (AvgIpc) is 2.73. The zero-order valence-electron chi connectivity index (χ0n) is 18.6. The maximum Gasteiger partial charge on any atom is 0.243 e. The molecule has 0 spiro atoms. The van der Waals surface area contributed by atoms with E-state index in [1.165, 1.54) is 20.1 Å². The number of carbonyl (C=O) groups excluding carboxylic acids is 1. The first-order valence-corrected chi connectivity index (χ1v) is 12.3. The third kappa shape index (κ3) is 6.27. The Morgan fingerprint density at radius 3 is 2.26 bits per heavy atom. The quantitative estimate of drug-likeness (QED) is 0.576. The first-order chi connectivity index (χ1) is 14.6.